The molecule has 2 aromatic heterocycles. The largest absolute Gasteiger partial charge is 0.348 e. The fourth-order valence-electron chi connectivity index (χ4n) is 5.16. The van der Waals surface area contributed by atoms with Crippen LogP contribution in [0.3, 0.4) is 0 Å². The first-order valence-electron chi connectivity index (χ1n) is 10.8. The van der Waals surface area contributed by atoms with Crippen molar-refractivity contribution in [1.82, 2.24) is 9.19 Å². The van der Waals surface area contributed by atoms with Crippen molar-refractivity contribution in [3.63, 3.8) is 0 Å². The first-order chi connectivity index (χ1) is 15.9. The minimum atomic E-state index is -3.92. The number of hydrogen-bond donors (Lipinski definition) is 0. The van der Waals surface area contributed by atoms with Crippen molar-refractivity contribution >= 4 is 59.1 Å². The zero-order chi connectivity index (χ0) is 22.7. The SMILES string of the molecule is O=C1CC2CCC(C1)N2c1c2c(-c3ccccc3)c(Br)sc2nn1S(=O)(=O)c1ccccc1. The number of carbonyl (C=O) groups is 1. The zero-order valence-electron chi connectivity index (χ0n) is 17.5. The summed E-state index contributed by atoms with van der Waals surface area (Å²) in [6.07, 6.45) is 2.64. The van der Waals surface area contributed by atoms with Gasteiger partial charge in [-0.15, -0.1) is 20.5 Å². The molecule has 0 saturated carbocycles. The summed E-state index contributed by atoms with van der Waals surface area (Å²) in [5.41, 5.74) is 1.94. The fraction of sp³-hybridized carbons (Fsp3) is 0.250. The Morgan fingerprint density at radius 2 is 1.55 bits per heavy atom. The summed E-state index contributed by atoms with van der Waals surface area (Å²) in [7, 11) is -3.92. The lowest BCUT2D eigenvalue weighted by Crippen LogP contribution is -2.45. The van der Waals surface area contributed by atoms with E-state index in [2.05, 4.69) is 25.9 Å². The van der Waals surface area contributed by atoms with Gasteiger partial charge in [0.25, 0.3) is 10.0 Å². The third-order valence-corrected chi connectivity index (χ3v) is 9.88. The predicted octanol–water partition coefficient (Wildman–Crippen LogP) is 5.46. The van der Waals surface area contributed by atoms with Crippen LogP contribution in [0.2, 0.25) is 0 Å². The molecule has 2 aliphatic rings. The Kier molecular flexibility index (Phi) is 4.97. The highest BCUT2D eigenvalue weighted by atomic mass is 79.9. The summed E-state index contributed by atoms with van der Waals surface area (Å²) in [4.78, 5) is 15.4. The normalized spacial score (nSPS) is 20.6. The van der Waals surface area contributed by atoms with Crippen LogP contribution in [0, 0.1) is 0 Å². The van der Waals surface area contributed by atoms with Crippen LogP contribution < -0.4 is 4.90 Å². The molecule has 0 amide bonds. The minimum Gasteiger partial charge on any atom is -0.348 e. The van der Waals surface area contributed by atoms with Crippen molar-refractivity contribution < 1.29 is 13.2 Å². The topological polar surface area (TPSA) is 72.3 Å². The van der Waals surface area contributed by atoms with Gasteiger partial charge in [0.05, 0.1) is 14.1 Å². The summed E-state index contributed by atoms with van der Waals surface area (Å²) in [5.74, 6) is 0.830. The number of fused-ring (bicyclic) bond motifs is 3. The van der Waals surface area contributed by atoms with Crippen molar-refractivity contribution in [3.8, 4) is 11.1 Å². The molecule has 9 heteroatoms. The summed E-state index contributed by atoms with van der Waals surface area (Å²) < 4.78 is 29.7. The average Bonchev–Trinajstić information content (AvgIpc) is 3.41. The van der Waals surface area contributed by atoms with Crippen molar-refractivity contribution in [1.29, 1.82) is 0 Å². The molecular formula is C24H20BrN3O3S2. The lowest BCUT2D eigenvalue weighted by atomic mass is 10.00. The monoisotopic (exact) mass is 541 g/mol. The van der Waals surface area contributed by atoms with E-state index < -0.39 is 10.0 Å². The van der Waals surface area contributed by atoms with E-state index in [0.717, 1.165) is 33.1 Å². The number of ketones is 1. The van der Waals surface area contributed by atoms with Crippen molar-refractivity contribution in [3.05, 3.63) is 64.5 Å². The number of Topliss-reactive ketones (excluding diaryl/α,β-unsaturated/α-hetero) is 1. The number of carbonyl (C=O) groups excluding carboxylic acids is 1. The Hall–Kier alpha value is -2.49. The smallest absolute Gasteiger partial charge is 0.284 e. The molecule has 2 aromatic carbocycles. The van der Waals surface area contributed by atoms with E-state index in [0.29, 0.717) is 23.5 Å². The Morgan fingerprint density at radius 3 is 2.18 bits per heavy atom. The van der Waals surface area contributed by atoms with Crippen molar-refractivity contribution in [2.24, 2.45) is 0 Å². The van der Waals surface area contributed by atoms with Crippen LogP contribution in [0.15, 0.2) is 69.3 Å². The number of piperidine rings is 1. The summed E-state index contributed by atoms with van der Waals surface area (Å²) in [5, 5.41) is 5.47. The lowest BCUT2D eigenvalue weighted by molar-refractivity contribution is -0.120. The van der Waals surface area contributed by atoms with Crippen LogP contribution in [0.1, 0.15) is 25.7 Å². The maximum atomic E-state index is 13.8. The maximum Gasteiger partial charge on any atom is 0.284 e. The Morgan fingerprint density at radius 1 is 0.939 bits per heavy atom. The Labute approximate surface area is 204 Å². The summed E-state index contributed by atoms with van der Waals surface area (Å²) in [6.45, 7) is 0. The molecule has 0 aliphatic carbocycles. The standard InChI is InChI=1S/C24H20BrN3O3S2/c25-22-20(15-7-3-1-4-8-15)21-23(32-22)26-28(33(30,31)19-9-5-2-6-10-19)24(21)27-16-11-12-17(27)14-18(29)13-16/h1-10,16-17H,11-14H2. The molecule has 0 spiro atoms. The van der Waals surface area contributed by atoms with E-state index in [1.54, 1.807) is 30.3 Å². The van der Waals surface area contributed by atoms with E-state index in [-0.39, 0.29) is 22.8 Å². The molecule has 0 radical (unpaired) electrons. The Bertz CT molecular complexity index is 1460. The molecule has 2 atom stereocenters. The average molecular weight is 542 g/mol. The summed E-state index contributed by atoms with van der Waals surface area (Å²) in [6, 6.07) is 18.3. The molecule has 6 rings (SSSR count). The molecule has 2 saturated heterocycles. The number of benzene rings is 2. The van der Waals surface area contributed by atoms with Crippen LogP contribution in [0.4, 0.5) is 5.82 Å². The van der Waals surface area contributed by atoms with E-state index in [1.807, 2.05) is 30.3 Å². The molecule has 2 unspecified atom stereocenters. The van der Waals surface area contributed by atoms with Gasteiger partial charge >= 0.3 is 0 Å². The van der Waals surface area contributed by atoms with Gasteiger partial charge in [0.2, 0.25) is 0 Å². The van der Waals surface area contributed by atoms with Gasteiger partial charge < -0.3 is 4.90 Å². The van der Waals surface area contributed by atoms with Crippen molar-refractivity contribution in [2.45, 2.75) is 42.7 Å². The van der Waals surface area contributed by atoms with Crippen LogP contribution in [0.25, 0.3) is 21.3 Å². The second kappa shape index (κ2) is 7.78. The minimum absolute atomic E-state index is 0.0110. The van der Waals surface area contributed by atoms with Crippen LogP contribution in [-0.2, 0) is 14.8 Å². The molecule has 2 bridgehead atoms. The van der Waals surface area contributed by atoms with Crippen molar-refractivity contribution in [2.75, 3.05) is 4.90 Å². The van der Waals surface area contributed by atoms with Crippen LogP contribution >= 0.6 is 27.3 Å². The number of thiophene rings is 1. The highest BCUT2D eigenvalue weighted by Crippen LogP contribution is 2.50. The summed E-state index contributed by atoms with van der Waals surface area (Å²) >= 11 is 5.14. The lowest BCUT2D eigenvalue weighted by Gasteiger charge is -2.36. The fourth-order valence-corrected chi connectivity index (χ4v) is 8.31. The highest BCUT2D eigenvalue weighted by molar-refractivity contribution is 9.11. The number of anilines is 1. The van der Waals surface area contributed by atoms with Gasteiger partial charge in [-0.3, -0.25) is 4.79 Å². The van der Waals surface area contributed by atoms with Gasteiger partial charge in [-0.25, -0.2) is 0 Å². The molecule has 2 aliphatic heterocycles. The molecule has 33 heavy (non-hydrogen) atoms. The van der Waals surface area contributed by atoms with Gasteiger partial charge in [0, 0.05) is 30.5 Å². The van der Waals surface area contributed by atoms with Gasteiger partial charge in [0.1, 0.15) is 5.78 Å². The zero-order valence-corrected chi connectivity index (χ0v) is 20.7. The second-order valence-electron chi connectivity index (χ2n) is 8.52. The predicted molar refractivity (Wildman–Crippen MR) is 133 cm³/mol. The molecule has 6 nitrogen and oxygen atoms in total. The maximum absolute atomic E-state index is 13.8. The van der Waals surface area contributed by atoms with Gasteiger partial charge in [-0.05, 0) is 46.5 Å². The van der Waals surface area contributed by atoms with E-state index in [4.69, 9.17) is 0 Å². The molecule has 0 N–H and O–H groups in total. The number of hydrogen-bond acceptors (Lipinski definition) is 6. The number of halogens is 1. The molecule has 168 valence electrons. The van der Waals surface area contributed by atoms with E-state index in [9.17, 15) is 13.2 Å². The molecule has 4 heterocycles. The van der Waals surface area contributed by atoms with Gasteiger partial charge in [-0.1, -0.05) is 48.5 Å². The van der Waals surface area contributed by atoms with Gasteiger partial charge in [0.15, 0.2) is 10.6 Å². The van der Waals surface area contributed by atoms with E-state index in [1.165, 1.54) is 15.4 Å². The quantitative estimate of drug-likeness (QED) is 0.342. The van der Waals surface area contributed by atoms with Gasteiger partial charge in [-0.2, -0.15) is 8.42 Å². The first-order valence-corrected chi connectivity index (χ1v) is 13.9. The number of rotatable bonds is 4. The highest BCUT2D eigenvalue weighted by Gasteiger charge is 2.44. The molecule has 2 fully saturated rings. The third kappa shape index (κ3) is 3.28. The second-order valence-corrected chi connectivity index (χ2v) is 12.6. The Balaban J connectivity index is 1.66. The molecule has 4 aromatic rings. The van der Waals surface area contributed by atoms with E-state index >= 15 is 0 Å². The van der Waals surface area contributed by atoms with Crippen LogP contribution in [-0.4, -0.2) is 35.5 Å². The number of aromatic nitrogens is 2. The number of nitrogens with zero attached hydrogens (tertiary/aromatic N) is 3. The first kappa shape index (κ1) is 21.1. The molecular weight excluding hydrogens is 522 g/mol. The van der Waals surface area contributed by atoms with Crippen LogP contribution in [0.5, 0.6) is 0 Å². The third-order valence-electron chi connectivity index (χ3n) is 6.56.